The van der Waals surface area contributed by atoms with Crippen molar-refractivity contribution in [2.45, 2.75) is 33.1 Å². The molecule has 0 atom stereocenters. The summed E-state index contributed by atoms with van der Waals surface area (Å²) in [6, 6.07) is 7.65. The van der Waals surface area contributed by atoms with Crippen LogP contribution >= 0.6 is 11.3 Å². The Labute approximate surface area is 150 Å². The van der Waals surface area contributed by atoms with Crippen molar-refractivity contribution in [1.82, 2.24) is 10.4 Å². The SMILES string of the molecule is C/C(=N\NC(=O)Cc1csc(C)n1)c1ccc(N2CCCC2=O)cc1. The molecule has 0 saturated carbocycles. The molecule has 0 unspecified atom stereocenters. The lowest BCUT2D eigenvalue weighted by atomic mass is 10.1. The molecule has 2 aromatic rings. The first-order valence-electron chi connectivity index (χ1n) is 8.18. The molecule has 0 spiro atoms. The van der Waals surface area contributed by atoms with E-state index >= 15 is 0 Å². The van der Waals surface area contributed by atoms with Crippen molar-refractivity contribution >= 4 is 34.6 Å². The van der Waals surface area contributed by atoms with E-state index in [1.165, 1.54) is 11.3 Å². The molecule has 6 nitrogen and oxygen atoms in total. The minimum atomic E-state index is -0.191. The van der Waals surface area contributed by atoms with Gasteiger partial charge in [-0.05, 0) is 38.0 Å². The summed E-state index contributed by atoms with van der Waals surface area (Å²) >= 11 is 1.52. The van der Waals surface area contributed by atoms with Crippen molar-refractivity contribution in [3.05, 3.63) is 45.9 Å². The van der Waals surface area contributed by atoms with Gasteiger partial charge < -0.3 is 4.90 Å². The molecule has 25 heavy (non-hydrogen) atoms. The Morgan fingerprint density at radius 1 is 1.36 bits per heavy atom. The molecule has 7 heteroatoms. The van der Waals surface area contributed by atoms with Crippen LogP contribution in [0.25, 0.3) is 0 Å². The predicted octanol–water partition coefficient (Wildman–Crippen LogP) is 2.66. The summed E-state index contributed by atoms with van der Waals surface area (Å²) in [6.07, 6.45) is 1.75. The van der Waals surface area contributed by atoms with Gasteiger partial charge in [-0.3, -0.25) is 9.59 Å². The Morgan fingerprint density at radius 2 is 2.12 bits per heavy atom. The number of thiazole rings is 1. The lowest BCUT2D eigenvalue weighted by Crippen LogP contribution is -2.23. The largest absolute Gasteiger partial charge is 0.312 e. The maximum absolute atomic E-state index is 11.9. The van der Waals surface area contributed by atoms with Crippen LogP contribution in [-0.4, -0.2) is 29.1 Å². The van der Waals surface area contributed by atoms with Crippen LogP contribution in [0, 0.1) is 6.92 Å². The van der Waals surface area contributed by atoms with E-state index < -0.39 is 0 Å². The fraction of sp³-hybridized carbons (Fsp3) is 0.333. The molecule has 1 aliphatic heterocycles. The fourth-order valence-electron chi connectivity index (χ4n) is 2.71. The van der Waals surface area contributed by atoms with Crippen molar-refractivity contribution in [2.24, 2.45) is 5.10 Å². The van der Waals surface area contributed by atoms with E-state index in [0.29, 0.717) is 12.1 Å². The molecule has 1 saturated heterocycles. The molecular weight excluding hydrogens is 336 g/mol. The van der Waals surface area contributed by atoms with Crippen molar-refractivity contribution in [2.75, 3.05) is 11.4 Å². The van der Waals surface area contributed by atoms with Gasteiger partial charge in [0.1, 0.15) is 0 Å². The smallest absolute Gasteiger partial charge is 0.246 e. The lowest BCUT2D eigenvalue weighted by Gasteiger charge is -2.15. The maximum Gasteiger partial charge on any atom is 0.246 e. The Balaban J connectivity index is 1.60. The number of nitrogens with one attached hydrogen (secondary N) is 1. The number of benzene rings is 1. The molecule has 0 bridgehead atoms. The summed E-state index contributed by atoms with van der Waals surface area (Å²) in [4.78, 5) is 29.8. The van der Waals surface area contributed by atoms with Crippen LogP contribution in [0.5, 0.6) is 0 Å². The molecule has 0 aliphatic carbocycles. The average Bonchev–Trinajstić information content (AvgIpc) is 3.21. The zero-order valence-corrected chi connectivity index (χ0v) is 15.1. The molecule has 1 fully saturated rings. The van der Waals surface area contributed by atoms with Gasteiger partial charge in [0.15, 0.2) is 0 Å². The van der Waals surface area contributed by atoms with E-state index in [1.807, 2.05) is 43.5 Å². The Hall–Kier alpha value is -2.54. The van der Waals surface area contributed by atoms with Crippen LogP contribution in [0.2, 0.25) is 0 Å². The standard InChI is InChI=1S/C18H20N4O2S/c1-12(20-21-17(23)10-15-11-25-13(2)19-15)14-5-7-16(8-6-14)22-9-3-4-18(22)24/h5-8,11H,3-4,9-10H2,1-2H3,(H,21,23)/b20-12+. The summed E-state index contributed by atoms with van der Waals surface area (Å²) in [7, 11) is 0. The van der Waals surface area contributed by atoms with E-state index in [0.717, 1.165) is 34.9 Å². The van der Waals surface area contributed by atoms with Crippen LogP contribution < -0.4 is 10.3 Å². The maximum atomic E-state index is 11.9. The van der Waals surface area contributed by atoms with Crippen molar-refractivity contribution in [1.29, 1.82) is 0 Å². The summed E-state index contributed by atoms with van der Waals surface area (Å²) < 4.78 is 0. The number of aromatic nitrogens is 1. The van der Waals surface area contributed by atoms with Gasteiger partial charge in [0.25, 0.3) is 0 Å². The lowest BCUT2D eigenvalue weighted by molar-refractivity contribution is -0.120. The highest BCUT2D eigenvalue weighted by Crippen LogP contribution is 2.21. The molecule has 3 rings (SSSR count). The number of carbonyl (C=O) groups excluding carboxylic acids is 2. The van der Waals surface area contributed by atoms with E-state index in [4.69, 9.17) is 0 Å². The summed E-state index contributed by atoms with van der Waals surface area (Å²) in [6.45, 7) is 4.52. The van der Waals surface area contributed by atoms with Crippen molar-refractivity contribution < 1.29 is 9.59 Å². The minimum absolute atomic E-state index is 0.169. The first-order chi connectivity index (χ1) is 12.0. The number of rotatable bonds is 5. The second-order valence-corrected chi connectivity index (χ2v) is 7.02. The number of aryl methyl sites for hydroxylation is 1. The first kappa shape index (κ1) is 17.3. The van der Waals surface area contributed by atoms with Crippen LogP contribution in [0.3, 0.4) is 0 Å². The van der Waals surface area contributed by atoms with Gasteiger partial charge in [0.05, 0.1) is 22.8 Å². The number of anilines is 1. The quantitative estimate of drug-likeness (QED) is 0.661. The molecule has 1 aliphatic rings. The number of hydrogen-bond donors (Lipinski definition) is 1. The monoisotopic (exact) mass is 356 g/mol. The van der Waals surface area contributed by atoms with Gasteiger partial charge in [-0.2, -0.15) is 5.10 Å². The number of nitrogens with zero attached hydrogens (tertiary/aromatic N) is 3. The van der Waals surface area contributed by atoms with Gasteiger partial charge >= 0.3 is 0 Å². The van der Waals surface area contributed by atoms with Gasteiger partial charge in [-0.25, -0.2) is 10.4 Å². The molecule has 1 aromatic carbocycles. The van der Waals surface area contributed by atoms with Gasteiger partial charge in [-0.15, -0.1) is 11.3 Å². The third-order valence-electron chi connectivity index (χ3n) is 4.03. The van der Waals surface area contributed by atoms with Gasteiger partial charge in [0, 0.05) is 24.0 Å². The molecular formula is C18H20N4O2S. The van der Waals surface area contributed by atoms with Crippen LogP contribution in [0.15, 0.2) is 34.7 Å². The molecule has 2 amide bonds. The van der Waals surface area contributed by atoms with E-state index in [1.54, 1.807) is 4.90 Å². The Morgan fingerprint density at radius 3 is 2.72 bits per heavy atom. The molecule has 0 radical (unpaired) electrons. The highest BCUT2D eigenvalue weighted by molar-refractivity contribution is 7.09. The highest BCUT2D eigenvalue weighted by Gasteiger charge is 2.21. The topological polar surface area (TPSA) is 74.7 Å². The summed E-state index contributed by atoms with van der Waals surface area (Å²) in [5, 5.41) is 6.97. The molecule has 2 heterocycles. The van der Waals surface area contributed by atoms with Crippen LogP contribution in [0.4, 0.5) is 5.69 Å². The second-order valence-electron chi connectivity index (χ2n) is 5.96. The Kier molecular flexibility index (Phi) is 5.23. The van der Waals surface area contributed by atoms with Crippen LogP contribution in [0.1, 0.15) is 36.0 Å². The normalized spacial score (nSPS) is 14.9. The van der Waals surface area contributed by atoms with Crippen molar-refractivity contribution in [3.63, 3.8) is 0 Å². The van der Waals surface area contributed by atoms with Crippen molar-refractivity contribution in [3.8, 4) is 0 Å². The zero-order valence-electron chi connectivity index (χ0n) is 14.3. The third-order valence-corrected chi connectivity index (χ3v) is 4.85. The Bertz CT molecular complexity index is 811. The zero-order chi connectivity index (χ0) is 17.8. The van der Waals surface area contributed by atoms with Crippen LogP contribution in [-0.2, 0) is 16.0 Å². The average molecular weight is 356 g/mol. The molecule has 130 valence electrons. The van der Waals surface area contributed by atoms with E-state index in [2.05, 4.69) is 15.5 Å². The molecule has 1 N–H and O–H groups in total. The highest BCUT2D eigenvalue weighted by atomic mass is 32.1. The van der Waals surface area contributed by atoms with Gasteiger partial charge in [-0.1, -0.05) is 12.1 Å². The number of carbonyl (C=O) groups is 2. The minimum Gasteiger partial charge on any atom is -0.312 e. The first-order valence-corrected chi connectivity index (χ1v) is 9.06. The predicted molar refractivity (Wildman–Crippen MR) is 98.9 cm³/mol. The number of hydrogen-bond acceptors (Lipinski definition) is 5. The van der Waals surface area contributed by atoms with E-state index in [-0.39, 0.29) is 18.2 Å². The second kappa shape index (κ2) is 7.57. The van der Waals surface area contributed by atoms with E-state index in [9.17, 15) is 9.59 Å². The number of hydrazone groups is 1. The molecule has 1 aromatic heterocycles. The summed E-state index contributed by atoms with van der Waals surface area (Å²) in [5.41, 5.74) is 5.84. The van der Waals surface area contributed by atoms with Gasteiger partial charge in [0.2, 0.25) is 11.8 Å². The third kappa shape index (κ3) is 4.30. The fourth-order valence-corrected chi connectivity index (χ4v) is 3.32. The summed E-state index contributed by atoms with van der Waals surface area (Å²) in [5.74, 6) is -0.0217. The number of amides is 2.